The van der Waals surface area contributed by atoms with Crippen LogP contribution in [0.1, 0.15) is 17.5 Å². The zero-order valence-electron chi connectivity index (χ0n) is 7.94. The Morgan fingerprint density at radius 1 is 1.20 bits per heavy atom. The number of hydrogen-bond acceptors (Lipinski definition) is 0. The average molecular weight is 216 g/mol. The highest BCUT2D eigenvalue weighted by molar-refractivity contribution is 6.08. The third-order valence-corrected chi connectivity index (χ3v) is 2.02. The summed E-state index contributed by atoms with van der Waals surface area (Å²) < 4.78 is 50.1. The summed E-state index contributed by atoms with van der Waals surface area (Å²) >= 11 is 0. The molecule has 0 bridgehead atoms. The molecule has 0 aliphatic rings. The minimum Gasteiger partial charge on any atom is -0.207 e. The predicted molar refractivity (Wildman–Crippen MR) is 50.3 cm³/mol. The zero-order valence-corrected chi connectivity index (χ0v) is 7.94. The molecule has 0 aromatic heterocycles. The molecule has 0 unspecified atom stereocenters. The highest BCUT2D eigenvalue weighted by atomic mass is 19.4. The summed E-state index contributed by atoms with van der Waals surface area (Å²) in [6.07, 6.45) is -3.60. The fraction of sp³-hybridized carbons (Fsp3) is 0.400. The van der Waals surface area contributed by atoms with Gasteiger partial charge in [0.25, 0.3) is 0 Å². The van der Waals surface area contributed by atoms with Crippen LogP contribution < -0.4 is 0 Å². The molecule has 80 valence electrons. The van der Waals surface area contributed by atoms with E-state index >= 15 is 0 Å². The molecule has 0 nitrogen and oxygen atoms in total. The quantitative estimate of drug-likeness (QED) is 0.536. The van der Waals surface area contributed by atoms with Crippen LogP contribution in [0.4, 0.5) is 17.6 Å². The first-order valence-corrected chi connectivity index (χ1v) is 4.51. The van der Waals surface area contributed by atoms with Crippen LogP contribution in [0, 0.1) is 5.82 Å². The van der Waals surface area contributed by atoms with Gasteiger partial charge in [0, 0.05) is 0 Å². The maximum absolute atomic E-state index is 12.8. The van der Waals surface area contributed by atoms with E-state index in [1.165, 1.54) is 0 Å². The Kier molecular flexibility index (Phi) is 3.77. The van der Waals surface area contributed by atoms with Crippen LogP contribution in [0.5, 0.6) is 0 Å². The summed E-state index contributed by atoms with van der Waals surface area (Å²) in [5, 5.41) is 0. The van der Waals surface area contributed by atoms with Crippen LogP contribution in [0.25, 0.3) is 0 Å². The summed E-state index contributed by atoms with van der Waals surface area (Å²) in [6.45, 7) is 0. The highest BCUT2D eigenvalue weighted by Crippen LogP contribution is 2.32. The smallest absolute Gasteiger partial charge is 0.207 e. The van der Waals surface area contributed by atoms with Crippen molar-refractivity contribution in [2.45, 2.75) is 25.3 Å². The van der Waals surface area contributed by atoms with Crippen LogP contribution in [-0.4, -0.2) is 7.85 Å². The lowest BCUT2D eigenvalue weighted by atomic mass is 9.95. The van der Waals surface area contributed by atoms with Crippen LogP contribution in [0.3, 0.4) is 0 Å². The average Bonchev–Trinajstić information content (AvgIpc) is 2.12. The van der Waals surface area contributed by atoms with E-state index in [0.717, 1.165) is 18.2 Å². The minimum absolute atomic E-state index is 0.0343. The maximum Gasteiger partial charge on any atom is 0.416 e. The molecule has 5 heteroatoms. The van der Waals surface area contributed by atoms with Crippen molar-refractivity contribution in [3.05, 3.63) is 35.1 Å². The van der Waals surface area contributed by atoms with Gasteiger partial charge in [0.05, 0.1) is 13.4 Å². The fourth-order valence-corrected chi connectivity index (χ4v) is 1.34. The lowest BCUT2D eigenvalue weighted by molar-refractivity contribution is -0.138. The second-order valence-corrected chi connectivity index (χ2v) is 3.19. The van der Waals surface area contributed by atoms with Gasteiger partial charge in [-0.25, -0.2) is 4.39 Å². The molecule has 0 saturated carbocycles. The van der Waals surface area contributed by atoms with Crippen molar-refractivity contribution in [3.63, 3.8) is 0 Å². The summed E-state index contributed by atoms with van der Waals surface area (Å²) in [6, 6.07) is 2.49. The summed E-state index contributed by atoms with van der Waals surface area (Å²) in [4.78, 5) is 0. The normalized spacial score (nSPS) is 11.7. The topological polar surface area (TPSA) is 0 Å². The molecule has 1 rings (SSSR count). The maximum atomic E-state index is 12.8. The van der Waals surface area contributed by atoms with Gasteiger partial charge in [-0.3, -0.25) is 0 Å². The van der Waals surface area contributed by atoms with Gasteiger partial charge in [0.2, 0.25) is 0 Å². The van der Waals surface area contributed by atoms with Gasteiger partial charge >= 0.3 is 6.18 Å². The summed E-state index contributed by atoms with van der Waals surface area (Å²) in [5.41, 5.74) is -0.815. The Labute approximate surface area is 86.7 Å². The van der Waals surface area contributed by atoms with Gasteiger partial charge in [-0.05, 0) is 30.2 Å². The van der Waals surface area contributed by atoms with Crippen molar-refractivity contribution in [2.75, 3.05) is 0 Å². The van der Waals surface area contributed by atoms with Crippen molar-refractivity contribution >= 4 is 7.85 Å². The number of rotatable bonds is 3. The first-order valence-electron chi connectivity index (χ1n) is 4.51. The van der Waals surface area contributed by atoms with Crippen LogP contribution in [0.2, 0.25) is 6.32 Å². The van der Waals surface area contributed by atoms with E-state index in [0.29, 0.717) is 6.42 Å². The van der Waals surface area contributed by atoms with Gasteiger partial charge in [-0.15, -0.1) is 0 Å². The SMILES string of the molecule is [B]CCCc1cc(F)ccc1C(F)(F)F. The zero-order chi connectivity index (χ0) is 11.5. The molecule has 1 aromatic carbocycles. The molecule has 0 amide bonds. The van der Waals surface area contributed by atoms with Gasteiger partial charge < -0.3 is 0 Å². The van der Waals surface area contributed by atoms with Crippen LogP contribution in [-0.2, 0) is 12.6 Å². The molecule has 0 saturated heterocycles. The molecule has 0 atom stereocenters. The molecule has 0 N–H and O–H groups in total. The third-order valence-electron chi connectivity index (χ3n) is 2.02. The number of benzene rings is 1. The molecule has 2 radical (unpaired) electrons. The van der Waals surface area contributed by atoms with Crippen molar-refractivity contribution in [2.24, 2.45) is 0 Å². The largest absolute Gasteiger partial charge is 0.416 e. The molecular weight excluding hydrogens is 207 g/mol. The van der Waals surface area contributed by atoms with Gasteiger partial charge in [0.15, 0.2) is 0 Å². The first kappa shape index (κ1) is 12.1. The van der Waals surface area contributed by atoms with Crippen molar-refractivity contribution in [1.29, 1.82) is 0 Å². The summed E-state index contributed by atoms with van der Waals surface area (Å²) in [7, 11) is 5.20. The van der Waals surface area contributed by atoms with Gasteiger partial charge in [-0.1, -0.05) is 12.7 Å². The standard InChI is InChI=1S/C10H9BF4/c11-5-1-2-7-6-8(12)3-4-9(7)10(13,14)15/h3-4,6H,1-2,5H2. The van der Waals surface area contributed by atoms with E-state index in [2.05, 4.69) is 0 Å². The number of aryl methyl sites for hydroxylation is 1. The van der Waals surface area contributed by atoms with E-state index in [9.17, 15) is 17.6 Å². The lowest BCUT2D eigenvalue weighted by Gasteiger charge is -2.12. The molecule has 0 heterocycles. The first-order chi connectivity index (χ1) is 6.95. The molecule has 0 spiro atoms. The van der Waals surface area contributed by atoms with Crippen molar-refractivity contribution in [3.8, 4) is 0 Å². The lowest BCUT2D eigenvalue weighted by Crippen LogP contribution is -2.09. The molecule has 1 aromatic rings. The fourth-order valence-electron chi connectivity index (χ4n) is 1.34. The van der Waals surface area contributed by atoms with Crippen LogP contribution in [0.15, 0.2) is 18.2 Å². The Hall–Kier alpha value is -0.995. The second kappa shape index (κ2) is 4.68. The van der Waals surface area contributed by atoms with Gasteiger partial charge in [-0.2, -0.15) is 13.2 Å². The number of halogens is 4. The number of hydrogen-bond donors (Lipinski definition) is 0. The Morgan fingerprint density at radius 2 is 1.87 bits per heavy atom. The second-order valence-electron chi connectivity index (χ2n) is 3.19. The van der Waals surface area contributed by atoms with E-state index < -0.39 is 17.6 Å². The van der Waals surface area contributed by atoms with Crippen LogP contribution >= 0.6 is 0 Å². The van der Waals surface area contributed by atoms with Crippen molar-refractivity contribution in [1.82, 2.24) is 0 Å². The van der Waals surface area contributed by atoms with E-state index in [4.69, 9.17) is 7.85 Å². The Morgan fingerprint density at radius 3 is 2.40 bits per heavy atom. The van der Waals surface area contributed by atoms with Crippen molar-refractivity contribution < 1.29 is 17.6 Å². The van der Waals surface area contributed by atoms with Gasteiger partial charge in [0.1, 0.15) is 5.82 Å². The molecule has 0 aliphatic heterocycles. The van der Waals surface area contributed by atoms with E-state index in [-0.39, 0.29) is 18.3 Å². The Balaban J connectivity index is 3.03. The third kappa shape index (κ3) is 3.25. The summed E-state index contributed by atoms with van der Waals surface area (Å²) in [5.74, 6) is -0.657. The highest BCUT2D eigenvalue weighted by Gasteiger charge is 2.32. The van der Waals surface area contributed by atoms with E-state index in [1.807, 2.05) is 0 Å². The molecule has 0 fully saturated rings. The monoisotopic (exact) mass is 216 g/mol. The van der Waals surface area contributed by atoms with E-state index in [1.54, 1.807) is 0 Å². The number of alkyl halides is 3. The predicted octanol–water partition coefficient (Wildman–Crippen LogP) is 3.36. The Bertz CT molecular complexity index is 333. The minimum atomic E-state index is -4.43. The molecule has 0 aliphatic carbocycles. The molecular formula is C10H9BF4. The molecule has 15 heavy (non-hydrogen) atoms.